The van der Waals surface area contributed by atoms with Crippen LogP contribution >= 0.6 is 0 Å². The minimum Gasteiger partial charge on any atom is -0.494 e. The molecule has 1 N–H and O–H groups in total. The molecule has 0 radical (unpaired) electrons. The molecule has 0 aliphatic heterocycles. The lowest BCUT2D eigenvalue weighted by molar-refractivity contribution is 0.0684. The molecule has 0 aliphatic rings. The van der Waals surface area contributed by atoms with Gasteiger partial charge in [0.1, 0.15) is 35.3 Å². The number of carbonyl (C=O) groups is 1. The van der Waals surface area contributed by atoms with Crippen molar-refractivity contribution < 1.29 is 24.1 Å². The van der Waals surface area contributed by atoms with Crippen LogP contribution in [0.25, 0.3) is 22.2 Å². The molecule has 0 aliphatic carbocycles. The molecule has 37 heavy (non-hydrogen) atoms. The number of nitrogens with zero attached hydrogens (tertiary/aromatic N) is 2. The van der Waals surface area contributed by atoms with E-state index in [0.29, 0.717) is 37.0 Å². The number of rotatable bonds is 10. The van der Waals surface area contributed by atoms with Crippen LogP contribution in [0.2, 0.25) is 0 Å². The largest absolute Gasteiger partial charge is 0.494 e. The number of carboxylic acid groups (broad SMARTS) is 1. The van der Waals surface area contributed by atoms with Crippen LogP contribution in [-0.2, 0) is 6.54 Å². The van der Waals surface area contributed by atoms with Crippen molar-refractivity contribution in [2.45, 2.75) is 13.5 Å². The molecule has 5 rings (SSSR count). The highest BCUT2D eigenvalue weighted by atomic mass is 16.5. The van der Waals surface area contributed by atoms with E-state index in [2.05, 4.69) is 4.98 Å². The summed E-state index contributed by atoms with van der Waals surface area (Å²) in [5, 5.41) is 10.7. The molecule has 7 heteroatoms. The molecule has 2 heterocycles. The quantitative estimate of drug-likeness (QED) is 0.233. The van der Waals surface area contributed by atoms with E-state index in [0.717, 1.165) is 28.0 Å². The van der Waals surface area contributed by atoms with Gasteiger partial charge in [-0.3, -0.25) is 4.98 Å². The normalized spacial score (nSPS) is 10.8. The van der Waals surface area contributed by atoms with Gasteiger partial charge in [0.25, 0.3) is 0 Å². The fourth-order valence-corrected chi connectivity index (χ4v) is 4.22. The van der Waals surface area contributed by atoms with Crippen molar-refractivity contribution in [2.24, 2.45) is 0 Å². The van der Waals surface area contributed by atoms with Crippen molar-refractivity contribution in [3.8, 4) is 34.3 Å². The van der Waals surface area contributed by atoms with Crippen molar-refractivity contribution in [2.75, 3.05) is 13.2 Å². The summed E-state index contributed by atoms with van der Waals surface area (Å²) in [5.41, 5.74) is 2.52. The van der Waals surface area contributed by atoms with Gasteiger partial charge < -0.3 is 23.9 Å². The fraction of sp³-hybridized carbons (Fsp3) is 0.133. The third kappa shape index (κ3) is 5.41. The molecule has 2 aromatic heterocycles. The Bertz CT molecular complexity index is 1510. The molecule has 0 saturated heterocycles. The van der Waals surface area contributed by atoms with Gasteiger partial charge in [-0.15, -0.1) is 0 Å². The molecule has 0 spiro atoms. The summed E-state index contributed by atoms with van der Waals surface area (Å²) in [6.07, 6.45) is 1.69. The van der Waals surface area contributed by atoms with Crippen LogP contribution in [0.1, 0.15) is 17.4 Å². The number of pyridine rings is 1. The van der Waals surface area contributed by atoms with E-state index in [-0.39, 0.29) is 5.69 Å². The third-order valence-electron chi connectivity index (χ3n) is 5.85. The predicted octanol–water partition coefficient (Wildman–Crippen LogP) is 6.67. The Kier molecular flexibility index (Phi) is 7.03. The number of ether oxygens (including phenoxy) is 3. The summed E-state index contributed by atoms with van der Waals surface area (Å²) in [7, 11) is 0. The first-order valence-electron chi connectivity index (χ1n) is 12.0. The standard InChI is InChI=1S/C30H26N2O5/c1-2-35-25-10-6-7-21(19-25)29-26-20-28(30(33)34)32(27(26)15-16-31-29)17-18-36-22-11-13-24(14-12-22)37-23-8-4-3-5-9-23/h3-16,19-20H,2,17-18H2,1H3,(H,33,34). The monoisotopic (exact) mass is 494 g/mol. The first-order chi connectivity index (χ1) is 18.1. The van der Waals surface area contributed by atoms with Gasteiger partial charge in [-0.1, -0.05) is 30.3 Å². The van der Waals surface area contributed by atoms with Gasteiger partial charge in [0.2, 0.25) is 0 Å². The Morgan fingerprint density at radius 2 is 1.57 bits per heavy atom. The molecule has 0 bridgehead atoms. The number of para-hydroxylation sites is 1. The van der Waals surface area contributed by atoms with E-state index < -0.39 is 5.97 Å². The van der Waals surface area contributed by atoms with E-state index in [1.165, 1.54) is 0 Å². The molecular weight excluding hydrogens is 468 g/mol. The van der Waals surface area contributed by atoms with Crippen LogP contribution in [-0.4, -0.2) is 33.8 Å². The number of benzene rings is 3. The summed E-state index contributed by atoms with van der Waals surface area (Å²) in [6, 6.07) is 28.0. The molecule has 7 nitrogen and oxygen atoms in total. The van der Waals surface area contributed by atoms with Gasteiger partial charge in [-0.05, 0) is 67.6 Å². The second-order valence-corrected chi connectivity index (χ2v) is 8.27. The van der Waals surface area contributed by atoms with E-state index in [1.807, 2.05) is 91.9 Å². The highest BCUT2D eigenvalue weighted by Gasteiger charge is 2.18. The van der Waals surface area contributed by atoms with Crippen molar-refractivity contribution in [1.82, 2.24) is 9.55 Å². The third-order valence-corrected chi connectivity index (χ3v) is 5.85. The molecule has 0 atom stereocenters. The molecule has 186 valence electrons. The van der Waals surface area contributed by atoms with Gasteiger partial charge in [-0.2, -0.15) is 0 Å². The van der Waals surface area contributed by atoms with Crippen LogP contribution in [0.4, 0.5) is 0 Å². The fourth-order valence-electron chi connectivity index (χ4n) is 4.22. The first-order valence-corrected chi connectivity index (χ1v) is 12.0. The van der Waals surface area contributed by atoms with Crippen LogP contribution in [0, 0.1) is 0 Å². The lowest BCUT2D eigenvalue weighted by atomic mass is 10.1. The minimum atomic E-state index is -1.01. The Labute approximate surface area is 214 Å². The average molecular weight is 495 g/mol. The highest BCUT2D eigenvalue weighted by molar-refractivity contribution is 6.00. The van der Waals surface area contributed by atoms with Crippen molar-refractivity contribution in [3.05, 3.63) is 103 Å². The number of aromatic nitrogens is 2. The first kappa shape index (κ1) is 23.9. The summed E-state index contributed by atoms with van der Waals surface area (Å²) in [4.78, 5) is 16.6. The maximum atomic E-state index is 12.1. The number of hydrogen-bond donors (Lipinski definition) is 1. The van der Waals surface area contributed by atoms with E-state index in [1.54, 1.807) is 16.8 Å². The van der Waals surface area contributed by atoms with Gasteiger partial charge in [0, 0.05) is 17.1 Å². The average Bonchev–Trinajstić information content (AvgIpc) is 3.30. The zero-order valence-electron chi connectivity index (χ0n) is 20.3. The maximum absolute atomic E-state index is 12.1. The number of fused-ring (bicyclic) bond motifs is 1. The van der Waals surface area contributed by atoms with Gasteiger partial charge in [0.15, 0.2) is 0 Å². The van der Waals surface area contributed by atoms with Crippen LogP contribution in [0.5, 0.6) is 23.0 Å². The second-order valence-electron chi connectivity index (χ2n) is 8.27. The number of hydrogen-bond acceptors (Lipinski definition) is 5. The molecule has 3 aromatic carbocycles. The lowest BCUT2D eigenvalue weighted by Gasteiger charge is -2.12. The van der Waals surface area contributed by atoms with Gasteiger partial charge in [-0.25, -0.2) is 4.79 Å². The second kappa shape index (κ2) is 10.9. The SMILES string of the molecule is CCOc1cccc(-c2nccc3c2cc(C(=O)O)n3CCOc2ccc(Oc3ccccc3)cc2)c1. The van der Waals surface area contributed by atoms with E-state index >= 15 is 0 Å². The highest BCUT2D eigenvalue weighted by Crippen LogP contribution is 2.31. The Morgan fingerprint density at radius 3 is 2.32 bits per heavy atom. The number of aromatic carboxylic acids is 1. The molecule has 0 saturated carbocycles. The molecule has 5 aromatic rings. The van der Waals surface area contributed by atoms with E-state index in [4.69, 9.17) is 14.2 Å². The zero-order chi connectivity index (χ0) is 25.6. The Hall–Kier alpha value is -4.78. The van der Waals surface area contributed by atoms with Crippen LogP contribution in [0.3, 0.4) is 0 Å². The molecule has 0 amide bonds. The topological polar surface area (TPSA) is 82.8 Å². The lowest BCUT2D eigenvalue weighted by Crippen LogP contribution is -2.13. The van der Waals surface area contributed by atoms with E-state index in [9.17, 15) is 9.90 Å². The Morgan fingerprint density at radius 1 is 0.838 bits per heavy atom. The van der Waals surface area contributed by atoms with Gasteiger partial charge in [0.05, 0.1) is 24.4 Å². The van der Waals surface area contributed by atoms with Crippen LogP contribution in [0.15, 0.2) is 97.2 Å². The van der Waals surface area contributed by atoms with Gasteiger partial charge >= 0.3 is 5.97 Å². The number of carboxylic acids is 1. The van der Waals surface area contributed by atoms with Crippen molar-refractivity contribution in [1.29, 1.82) is 0 Å². The predicted molar refractivity (Wildman–Crippen MR) is 142 cm³/mol. The smallest absolute Gasteiger partial charge is 0.352 e. The summed E-state index contributed by atoms with van der Waals surface area (Å²) >= 11 is 0. The van der Waals surface area contributed by atoms with Crippen LogP contribution < -0.4 is 14.2 Å². The summed E-state index contributed by atoms with van der Waals surface area (Å²) in [5.74, 6) is 1.87. The van der Waals surface area contributed by atoms with Crippen molar-refractivity contribution in [3.63, 3.8) is 0 Å². The summed E-state index contributed by atoms with van der Waals surface area (Å²) in [6.45, 7) is 3.14. The maximum Gasteiger partial charge on any atom is 0.352 e. The Balaban J connectivity index is 1.34. The molecule has 0 fully saturated rings. The molecule has 0 unspecified atom stereocenters. The van der Waals surface area contributed by atoms with Crippen molar-refractivity contribution >= 4 is 16.9 Å². The summed E-state index contributed by atoms with van der Waals surface area (Å²) < 4.78 is 19.1. The minimum absolute atomic E-state index is 0.181. The zero-order valence-corrected chi connectivity index (χ0v) is 20.3. The molecular formula is C30H26N2O5.